The van der Waals surface area contributed by atoms with Crippen molar-refractivity contribution in [3.63, 3.8) is 0 Å². The van der Waals surface area contributed by atoms with Crippen LogP contribution in [-0.4, -0.2) is 66.0 Å². The van der Waals surface area contributed by atoms with Gasteiger partial charge in [0.1, 0.15) is 18.5 Å². The number of carbonyl (C=O) groups is 3. The zero-order chi connectivity index (χ0) is 24.5. The Labute approximate surface area is 205 Å². The third-order valence-corrected chi connectivity index (χ3v) is 7.22. The maximum atomic E-state index is 13.3. The van der Waals surface area contributed by atoms with E-state index in [0.29, 0.717) is 36.4 Å². The van der Waals surface area contributed by atoms with Crippen LogP contribution in [0.15, 0.2) is 42.5 Å². The Hall–Kier alpha value is -3.39. The molecule has 8 nitrogen and oxygen atoms in total. The predicted molar refractivity (Wildman–Crippen MR) is 130 cm³/mol. The fourth-order valence-corrected chi connectivity index (χ4v) is 5.34. The largest absolute Gasteiger partial charge is 0.490 e. The molecule has 3 heterocycles. The minimum atomic E-state index is -0.319. The molecule has 184 valence electrons. The van der Waals surface area contributed by atoms with Crippen molar-refractivity contribution in [1.29, 1.82) is 0 Å². The van der Waals surface area contributed by atoms with E-state index in [1.54, 1.807) is 30.1 Å². The van der Waals surface area contributed by atoms with E-state index < -0.39 is 0 Å². The van der Waals surface area contributed by atoms with Gasteiger partial charge in [-0.3, -0.25) is 14.4 Å². The summed E-state index contributed by atoms with van der Waals surface area (Å²) in [5.74, 6) is 0.192. The highest BCUT2D eigenvalue weighted by molar-refractivity contribution is 5.99. The van der Waals surface area contributed by atoms with E-state index in [4.69, 9.17) is 9.47 Å². The lowest BCUT2D eigenvalue weighted by Gasteiger charge is -2.42. The van der Waals surface area contributed by atoms with Crippen molar-refractivity contribution in [3.05, 3.63) is 59.2 Å². The van der Waals surface area contributed by atoms with Crippen LogP contribution in [-0.2, 0) is 27.3 Å². The molecule has 0 aliphatic carbocycles. The topological polar surface area (TPSA) is 88.2 Å². The second-order valence-electron chi connectivity index (χ2n) is 9.60. The molecule has 35 heavy (non-hydrogen) atoms. The molecule has 0 spiro atoms. The molecule has 1 fully saturated rings. The molecular formula is C27H31N3O5. The van der Waals surface area contributed by atoms with E-state index in [0.717, 1.165) is 19.4 Å². The highest BCUT2D eigenvalue weighted by Crippen LogP contribution is 2.33. The molecule has 2 aromatic rings. The maximum absolute atomic E-state index is 13.3. The van der Waals surface area contributed by atoms with Crippen LogP contribution in [0.3, 0.4) is 0 Å². The molecule has 5 rings (SSSR count). The van der Waals surface area contributed by atoms with Crippen molar-refractivity contribution < 1.29 is 23.9 Å². The summed E-state index contributed by atoms with van der Waals surface area (Å²) >= 11 is 0. The van der Waals surface area contributed by atoms with Crippen molar-refractivity contribution in [2.45, 2.75) is 57.4 Å². The van der Waals surface area contributed by atoms with E-state index in [2.05, 4.69) is 17.4 Å². The molecule has 3 aliphatic rings. The Kier molecular flexibility index (Phi) is 6.47. The number of nitrogens with one attached hydrogen (secondary N) is 1. The van der Waals surface area contributed by atoms with Crippen molar-refractivity contribution in [1.82, 2.24) is 9.80 Å². The number of hydrogen-bond acceptors (Lipinski definition) is 5. The first-order valence-corrected chi connectivity index (χ1v) is 12.2. The second kappa shape index (κ2) is 9.70. The summed E-state index contributed by atoms with van der Waals surface area (Å²) in [5.41, 5.74) is 3.50. The minimum absolute atomic E-state index is 0.106. The van der Waals surface area contributed by atoms with Crippen LogP contribution in [0.2, 0.25) is 0 Å². The lowest BCUT2D eigenvalue weighted by Crippen LogP contribution is -2.54. The second-order valence-corrected chi connectivity index (χ2v) is 9.60. The third kappa shape index (κ3) is 4.89. The number of likely N-dealkylation sites (N-methyl/N-ethyl adjacent to an activating group) is 1. The Morgan fingerprint density at radius 3 is 2.71 bits per heavy atom. The Morgan fingerprint density at radius 2 is 1.91 bits per heavy atom. The van der Waals surface area contributed by atoms with Gasteiger partial charge in [-0.05, 0) is 48.6 Å². The maximum Gasteiger partial charge on any atom is 0.257 e. The van der Waals surface area contributed by atoms with Crippen molar-refractivity contribution in [2.75, 3.05) is 25.5 Å². The van der Waals surface area contributed by atoms with E-state index >= 15 is 0 Å². The first-order chi connectivity index (χ1) is 16.9. The lowest BCUT2D eigenvalue weighted by molar-refractivity contribution is -0.143. The number of rotatable bonds is 3. The summed E-state index contributed by atoms with van der Waals surface area (Å²) in [5, 5.41) is 2.71. The Balaban J connectivity index is 1.25. The normalized spacial score (nSPS) is 23.7. The number of carbonyl (C=O) groups excluding carboxylic acids is 3. The zero-order valence-electron chi connectivity index (χ0n) is 20.2. The van der Waals surface area contributed by atoms with Crippen LogP contribution in [0.4, 0.5) is 5.69 Å². The smallest absolute Gasteiger partial charge is 0.257 e. The highest BCUT2D eigenvalue weighted by atomic mass is 16.5. The Morgan fingerprint density at radius 1 is 1.11 bits per heavy atom. The fraction of sp³-hybridized carbons (Fsp3) is 0.444. The Bertz CT molecular complexity index is 1150. The quantitative estimate of drug-likeness (QED) is 0.734. The minimum Gasteiger partial charge on any atom is -0.490 e. The van der Waals surface area contributed by atoms with E-state index in [-0.39, 0.29) is 42.6 Å². The molecule has 1 N–H and O–H groups in total. The van der Waals surface area contributed by atoms with Gasteiger partial charge in [0.05, 0.1) is 24.1 Å². The third-order valence-electron chi connectivity index (χ3n) is 7.22. The zero-order valence-corrected chi connectivity index (χ0v) is 20.2. The molecule has 0 saturated carbocycles. The van der Waals surface area contributed by atoms with Crippen LogP contribution >= 0.6 is 0 Å². The summed E-state index contributed by atoms with van der Waals surface area (Å²) in [6.07, 6.45) is 2.13. The van der Waals surface area contributed by atoms with Crippen molar-refractivity contribution >= 4 is 23.4 Å². The summed E-state index contributed by atoms with van der Waals surface area (Å²) in [4.78, 5) is 41.4. The van der Waals surface area contributed by atoms with Crippen LogP contribution in [0.25, 0.3) is 0 Å². The molecule has 3 amide bonds. The molecular weight excluding hydrogens is 446 g/mol. The summed E-state index contributed by atoms with van der Waals surface area (Å²) in [6, 6.07) is 13.2. The summed E-state index contributed by atoms with van der Waals surface area (Å²) < 4.78 is 12.3. The fourth-order valence-electron chi connectivity index (χ4n) is 5.34. The van der Waals surface area contributed by atoms with Gasteiger partial charge in [-0.1, -0.05) is 24.3 Å². The molecule has 0 aromatic heterocycles. The van der Waals surface area contributed by atoms with Crippen LogP contribution in [0, 0.1) is 0 Å². The standard InChI is InChI=1S/C27H31N3O5/c1-17(31)28-20-7-10-24-22(13-20)27(33)29(2)23-9-8-21(35-25(23)16-34-24)14-26(32)30-12-11-18-5-3-4-6-19(18)15-30/h3-7,10,13,21,23,25H,8-9,11-12,14-16H2,1-2H3,(H,28,31)/t21-,23+,25+/m0/s1. The number of hydrogen-bond donors (Lipinski definition) is 1. The summed E-state index contributed by atoms with van der Waals surface area (Å²) in [6.45, 7) is 3.09. The molecule has 1 saturated heterocycles. The first kappa shape index (κ1) is 23.4. The van der Waals surface area contributed by atoms with Gasteiger partial charge in [0.25, 0.3) is 5.91 Å². The lowest BCUT2D eigenvalue weighted by atomic mass is 9.94. The first-order valence-electron chi connectivity index (χ1n) is 12.2. The summed E-state index contributed by atoms with van der Waals surface area (Å²) in [7, 11) is 1.78. The number of fused-ring (bicyclic) bond motifs is 3. The highest BCUT2D eigenvalue weighted by Gasteiger charge is 2.39. The van der Waals surface area contributed by atoms with Gasteiger partial charge in [-0.2, -0.15) is 0 Å². The average molecular weight is 478 g/mol. The number of amides is 3. The molecule has 0 unspecified atom stereocenters. The number of benzene rings is 2. The predicted octanol–water partition coefficient (Wildman–Crippen LogP) is 3.00. The molecule has 2 aromatic carbocycles. The van der Waals surface area contributed by atoms with Crippen LogP contribution < -0.4 is 10.1 Å². The number of nitrogens with zero attached hydrogens (tertiary/aromatic N) is 2. The van der Waals surface area contributed by atoms with Gasteiger partial charge in [-0.15, -0.1) is 0 Å². The monoisotopic (exact) mass is 477 g/mol. The number of anilines is 1. The molecule has 8 heteroatoms. The van der Waals surface area contributed by atoms with Crippen LogP contribution in [0.1, 0.15) is 47.7 Å². The number of ether oxygens (including phenoxy) is 2. The van der Waals surface area contributed by atoms with Gasteiger partial charge in [0.2, 0.25) is 11.8 Å². The van der Waals surface area contributed by atoms with Crippen LogP contribution in [0.5, 0.6) is 5.75 Å². The van der Waals surface area contributed by atoms with Gasteiger partial charge in [-0.25, -0.2) is 0 Å². The van der Waals surface area contributed by atoms with Crippen molar-refractivity contribution in [3.8, 4) is 5.75 Å². The molecule has 0 bridgehead atoms. The van der Waals surface area contributed by atoms with E-state index in [1.165, 1.54) is 18.1 Å². The van der Waals surface area contributed by atoms with Crippen molar-refractivity contribution in [2.24, 2.45) is 0 Å². The molecule has 0 radical (unpaired) electrons. The molecule has 3 aliphatic heterocycles. The SMILES string of the molecule is CC(=O)Nc1ccc2c(c1)C(=O)N(C)[C@@H]1CC[C@@H](CC(=O)N3CCc4ccccc4C3)O[C@@H]1CO2. The van der Waals surface area contributed by atoms with Gasteiger partial charge >= 0.3 is 0 Å². The van der Waals surface area contributed by atoms with E-state index in [1.807, 2.05) is 17.0 Å². The van der Waals surface area contributed by atoms with Gasteiger partial charge in [0, 0.05) is 32.7 Å². The van der Waals surface area contributed by atoms with Gasteiger partial charge in [0.15, 0.2) is 0 Å². The molecule has 3 atom stereocenters. The average Bonchev–Trinajstić information content (AvgIpc) is 2.86. The van der Waals surface area contributed by atoms with Gasteiger partial charge < -0.3 is 24.6 Å². The van der Waals surface area contributed by atoms with E-state index in [9.17, 15) is 14.4 Å².